The second-order valence-electron chi connectivity index (χ2n) is 7.74. The number of hydrogen-bond acceptors (Lipinski definition) is 5. The smallest absolute Gasteiger partial charge is 0.331 e. The number of aliphatic carboxylic acids is 1. The summed E-state index contributed by atoms with van der Waals surface area (Å²) in [4.78, 5) is 50.9. The maximum atomic E-state index is 13.0. The Bertz CT molecular complexity index is 973. The Morgan fingerprint density at radius 1 is 1.10 bits per heavy atom. The van der Waals surface area contributed by atoms with Gasteiger partial charge in [-0.1, -0.05) is 26.0 Å². The number of benzene rings is 1. The SMILES string of the molecule is CC(C)C(C(=O)Nc1cnn(C(C)(C)C(=O)O)c1)N1C(=O)c2ccccc2C1=O. The van der Waals surface area contributed by atoms with E-state index in [4.69, 9.17) is 0 Å². The number of carboxylic acid groups (broad SMARTS) is 1. The quantitative estimate of drug-likeness (QED) is 0.718. The highest BCUT2D eigenvalue weighted by Crippen LogP contribution is 2.28. The minimum Gasteiger partial charge on any atom is -0.479 e. The van der Waals surface area contributed by atoms with E-state index in [1.807, 2.05) is 0 Å². The van der Waals surface area contributed by atoms with Crippen molar-refractivity contribution in [2.45, 2.75) is 39.3 Å². The molecule has 1 aromatic carbocycles. The number of nitrogens with one attached hydrogen (secondary N) is 1. The zero-order valence-electron chi connectivity index (χ0n) is 16.5. The number of hydrogen-bond donors (Lipinski definition) is 2. The lowest BCUT2D eigenvalue weighted by atomic mass is 10.0. The van der Waals surface area contributed by atoms with Gasteiger partial charge in [0.25, 0.3) is 11.8 Å². The molecule has 9 nitrogen and oxygen atoms in total. The van der Waals surface area contributed by atoms with Gasteiger partial charge in [0.2, 0.25) is 5.91 Å². The second kappa shape index (κ2) is 7.16. The number of anilines is 1. The van der Waals surface area contributed by atoms with E-state index in [9.17, 15) is 24.3 Å². The van der Waals surface area contributed by atoms with Crippen LogP contribution in [0.3, 0.4) is 0 Å². The van der Waals surface area contributed by atoms with E-state index in [0.717, 1.165) is 4.90 Å². The highest BCUT2D eigenvalue weighted by atomic mass is 16.4. The van der Waals surface area contributed by atoms with Crippen molar-refractivity contribution in [3.8, 4) is 0 Å². The van der Waals surface area contributed by atoms with Crippen molar-refractivity contribution in [1.82, 2.24) is 14.7 Å². The monoisotopic (exact) mass is 398 g/mol. The van der Waals surface area contributed by atoms with Crippen LogP contribution in [0.15, 0.2) is 36.7 Å². The molecule has 1 aliphatic rings. The molecule has 152 valence electrons. The van der Waals surface area contributed by atoms with Crippen LogP contribution >= 0.6 is 0 Å². The molecule has 0 aliphatic carbocycles. The van der Waals surface area contributed by atoms with Crippen LogP contribution in [0.25, 0.3) is 0 Å². The molecule has 1 aliphatic heterocycles. The van der Waals surface area contributed by atoms with Crippen molar-refractivity contribution < 1.29 is 24.3 Å². The van der Waals surface area contributed by atoms with Crippen molar-refractivity contribution in [3.63, 3.8) is 0 Å². The minimum atomic E-state index is -1.30. The first-order valence-electron chi connectivity index (χ1n) is 9.12. The van der Waals surface area contributed by atoms with E-state index in [1.165, 1.54) is 30.9 Å². The predicted molar refractivity (Wildman–Crippen MR) is 103 cm³/mol. The highest BCUT2D eigenvalue weighted by molar-refractivity contribution is 6.23. The third-order valence-corrected chi connectivity index (χ3v) is 4.95. The molecule has 3 amide bonds. The maximum Gasteiger partial charge on any atom is 0.331 e. The van der Waals surface area contributed by atoms with Gasteiger partial charge in [0.15, 0.2) is 5.54 Å². The van der Waals surface area contributed by atoms with Crippen molar-refractivity contribution in [2.24, 2.45) is 5.92 Å². The number of fused-ring (bicyclic) bond motifs is 1. The summed E-state index contributed by atoms with van der Waals surface area (Å²) in [5, 5.41) is 15.9. The standard InChI is InChI=1S/C20H22N4O5/c1-11(2)15(24-17(26)13-7-5-6-8-14(13)18(24)27)16(25)22-12-9-21-23(10-12)20(3,4)19(28)29/h5-11,15H,1-4H3,(H,22,25)(H,28,29). The molecule has 1 aromatic heterocycles. The summed E-state index contributed by atoms with van der Waals surface area (Å²) in [5.41, 5.74) is -0.492. The van der Waals surface area contributed by atoms with E-state index in [1.54, 1.807) is 38.1 Å². The van der Waals surface area contributed by atoms with Crippen LogP contribution in [0, 0.1) is 5.92 Å². The summed E-state index contributed by atoms with van der Waals surface area (Å²) >= 11 is 0. The molecule has 1 atom stereocenters. The van der Waals surface area contributed by atoms with Crippen LogP contribution in [0.4, 0.5) is 5.69 Å². The molecule has 3 rings (SSSR count). The molecule has 0 saturated carbocycles. The summed E-state index contributed by atoms with van der Waals surface area (Å²) in [7, 11) is 0. The summed E-state index contributed by atoms with van der Waals surface area (Å²) in [6, 6.07) is 5.41. The number of rotatable bonds is 6. The molecule has 0 spiro atoms. The van der Waals surface area contributed by atoms with Gasteiger partial charge in [0.1, 0.15) is 6.04 Å². The van der Waals surface area contributed by atoms with Crippen molar-refractivity contribution in [1.29, 1.82) is 0 Å². The van der Waals surface area contributed by atoms with Gasteiger partial charge in [0.05, 0.1) is 23.0 Å². The lowest BCUT2D eigenvalue weighted by molar-refractivity contribution is -0.146. The van der Waals surface area contributed by atoms with Crippen LogP contribution < -0.4 is 5.32 Å². The summed E-state index contributed by atoms with van der Waals surface area (Å²) in [6.45, 7) is 6.43. The largest absolute Gasteiger partial charge is 0.479 e. The average Bonchev–Trinajstić information content (AvgIpc) is 3.21. The third-order valence-electron chi connectivity index (χ3n) is 4.95. The first-order chi connectivity index (χ1) is 13.6. The Hall–Kier alpha value is -3.49. The van der Waals surface area contributed by atoms with Crippen molar-refractivity contribution in [2.75, 3.05) is 5.32 Å². The average molecular weight is 398 g/mol. The van der Waals surface area contributed by atoms with Gasteiger partial charge < -0.3 is 10.4 Å². The van der Waals surface area contributed by atoms with Gasteiger partial charge in [-0.25, -0.2) is 4.79 Å². The predicted octanol–water partition coefficient (Wildman–Crippen LogP) is 1.96. The van der Waals surface area contributed by atoms with Gasteiger partial charge in [-0.2, -0.15) is 5.10 Å². The molecule has 0 bridgehead atoms. The molecule has 0 fully saturated rings. The third kappa shape index (κ3) is 3.39. The van der Waals surface area contributed by atoms with E-state index < -0.39 is 35.3 Å². The van der Waals surface area contributed by atoms with E-state index in [0.29, 0.717) is 0 Å². The number of carbonyl (C=O) groups excluding carboxylic acids is 3. The summed E-state index contributed by atoms with van der Waals surface area (Å²) < 4.78 is 1.22. The van der Waals surface area contributed by atoms with Crippen LogP contribution in [0.1, 0.15) is 48.4 Å². The van der Waals surface area contributed by atoms with Crippen LogP contribution in [0.5, 0.6) is 0 Å². The first kappa shape index (κ1) is 20.2. The summed E-state index contributed by atoms with van der Waals surface area (Å²) in [6.07, 6.45) is 2.72. The topological polar surface area (TPSA) is 122 Å². The Morgan fingerprint density at radius 3 is 2.14 bits per heavy atom. The van der Waals surface area contributed by atoms with Gasteiger partial charge in [-0.15, -0.1) is 0 Å². The zero-order valence-corrected chi connectivity index (χ0v) is 16.5. The Balaban J connectivity index is 1.86. The number of aromatic nitrogens is 2. The van der Waals surface area contributed by atoms with Crippen LogP contribution in [-0.2, 0) is 15.1 Å². The van der Waals surface area contributed by atoms with E-state index in [-0.39, 0.29) is 22.7 Å². The normalized spacial score (nSPS) is 14.9. The molecule has 1 unspecified atom stereocenters. The fourth-order valence-electron chi connectivity index (χ4n) is 3.19. The van der Waals surface area contributed by atoms with Gasteiger partial charge >= 0.3 is 5.97 Å². The van der Waals surface area contributed by atoms with E-state index in [2.05, 4.69) is 10.4 Å². The Labute approximate surface area is 167 Å². The van der Waals surface area contributed by atoms with E-state index >= 15 is 0 Å². The molecule has 2 heterocycles. The zero-order chi connectivity index (χ0) is 21.5. The molecule has 0 radical (unpaired) electrons. The molecule has 2 aromatic rings. The van der Waals surface area contributed by atoms with Gasteiger partial charge in [0, 0.05) is 6.20 Å². The Morgan fingerprint density at radius 2 is 1.66 bits per heavy atom. The highest BCUT2D eigenvalue weighted by Gasteiger charge is 2.44. The van der Waals surface area contributed by atoms with Gasteiger partial charge in [-0.3, -0.25) is 24.0 Å². The fourth-order valence-corrected chi connectivity index (χ4v) is 3.19. The lowest BCUT2D eigenvalue weighted by Crippen LogP contribution is -2.50. The number of amides is 3. The number of carbonyl (C=O) groups is 4. The molecule has 29 heavy (non-hydrogen) atoms. The maximum absolute atomic E-state index is 13.0. The first-order valence-corrected chi connectivity index (χ1v) is 9.12. The number of nitrogens with zero attached hydrogens (tertiary/aromatic N) is 3. The molecule has 9 heteroatoms. The molecular formula is C20H22N4O5. The molecular weight excluding hydrogens is 376 g/mol. The fraction of sp³-hybridized carbons (Fsp3) is 0.350. The van der Waals surface area contributed by atoms with Crippen LogP contribution in [0.2, 0.25) is 0 Å². The number of carboxylic acids is 1. The molecule has 2 N–H and O–H groups in total. The summed E-state index contributed by atoms with van der Waals surface area (Å²) in [5.74, 6) is -3.00. The Kier molecular flexibility index (Phi) is 5.00. The van der Waals surface area contributed by atoms with Crippen molar-refractivity contribution >= 4 is 29.4 Å². The van der Waals surface area contributed by atoms with Crippen LogP contribution in [-0.4, -0.2) is 49.5 Å². The lowest BCUT2D eigenvalue weighted by Gasteiger charge is -2.28. The van der Waals surface area contributed by atoms with Gasteiger partial charge in [-0.05, 0) is 31.9 Å². The van der Waals surface area contributed by atoms with Crippen molar-refractivity contribution in [3.05, 3.63) is 47.8 Å². The second-order valence-corrected chi connectivity index (χ2v) is 7.74. The molecule has 0 saturated heterocycles. The minimum absolute atomic E-state index is 0.270. The number of imide groups is 1.